The van der Waals surface area contributed by atoms with Crippen LogP contribution < -0.4 is 5.32 Å². The molecule has 2 rings (SSSR count). The monoisotopic (exact) mass is 279 g/mol. The molecule has 0 heterocycles. The molecule has 1 amide bonds. The van der Waals surface area contributed by atoms with Crippen molar-refractivity contribution in [3.05, 3.63) is 35.6 Å². The minimum absolute atomic E-state index is 0.000281. The molecule has 1 aliphatic rings. The van der Waals surface area contributed by atoms with Crippen molar-refractivity contribution in [2.24, 2.45) is 0 Å². The van der Waals surface area contributed by atoms with Gasteiger partial charge in [0.2, 0.25) is 5.91 Å². The molecule has 1 fully saturated rings. The molecule has 110 valence electrons. The van der Waals surface area contributed by atoms with Gasteiger partial charge in [-0.3, -0.25) is 4.79 Å². The molecule has 0 bridgehead atoms. The third-order valence-corrected chi connectivity index (χ3v) is 4.01. The molecular weight excluding hydrogens is 257 g/mol. The van der Waals surface area contributed by atoms with E-state index in [1.807, 2.05) is 13.0 Å². The molecule has 3 nitrogen and oxygen atoms in total. The predicted octanol–water partition coefficient (Wildman–Crippen LogP) is 2.79. The Morgan fingerprint density at radius 2 is 2.15 bits per heavy atom. The first-order chi connectivity index (χ1) is 9.69. The summed E-state index contributed by atoms with van der Waals surface area (Å²) >= 11 is 0. The summed E-state index contributed by atoms with van der Waals surface area (Å²) in [5.74, 6) is -0.281. The van der Waals surface area contributed by atoms with Crippen LogP contribution in [0.2, 0.25) is 0 Å². The maximum absolute atomic E-state index is 13.5. The highest BCUT2D eigenvalue weighted by molar-refractivity contribution is 5.88. The van der Waals surface area contributed by atoms with Crippen LogP contribution in [0.5, 0.6) is 0 Å². The summed E-state index contributed by atoms with van der Waals surface area (Å²) in [5.41, 5.74) is 0.234. The van der Waals surface area contributed by atoms with Gasteiger partial charge in [0.05, 0.1) is 12.0 Å². The molecule has 0 unspecified atom stereocenters. The highest BCUT2D eigenvalue weighted by atomic mass is 19.1. The Hall–Kier alpha value is -1.42. The van der Waals surface area contributed by atoms with Crippen molar-refractivity contribution in [2.45, 2.75) is 38.0 Å². The first-order valence-corrected chi connectivity index (χ1v) is 7.31. The third kappa shape index (κ3) is 3.18. The molecule has 0 saturated heterocycles. The Morgan fingerprint density at radius 3 is 2.80 bits per heavy atom. The van der Waals surface area contributed by atoms with Gasteiger partial charge in [0.25, 0.3) is 0 Å². The normalized spacial score (nSPS) is 17.1. The zero-order valence-electron chi connectivity index (χ0n) is 12.0. The maximum atomic E-state index is 13.5. The second-order valence-corrected chi connectivity index (χ2v) is 5.25. The van der Waals surface area contributed by atoms with Crippen LogP contribution in [-0.4, -0.2) is 25.7 Å². The first kappa shape index (κ1) is 15.0. The molecule has 0 atom stereocenters. The van der Waals surface area contributed by atoms with E-state index in [2.05, 4.69) is 5.32 Å². The van der Waals surface area contributed by atoms with Crippen LogP contribution >= 0.6 is 0 Å². The lowest BCUT2D eigenvalue weighted by atomic mass is 9.78. The van der Waals surface area contributed by atoms with Crippen molar-refractivity contribution in [1.29, 1.82) is 0 Å². The standard InChI is InChI=1S/C16H22FNO2/c1-2-20-11-10-18-15(19)16(8-3-4-9-16)13-6-5-7-14(17)12-13/h5-7,12H,2-4,8-11H2,1H3,(H,18,19). The van der Waals surface area contributed by atoms with Gasteiger partial charge in [-0.15, -0.1) is 0 Å². The topological polar surface area (TPSA) is 38.3 Å². The highest BCUT2D eigenvalue weighted by Crippen LogP contribution is 2.41. The Morgan fingerprint density at radius 1 is 1.40 bits per heavy atom. The van der Waals surface area contributed by atoms with Crippen molar-refractivity contribution < 1.29 is 13.9 Å². The molecule has 1 aromatic rings. The number of halogens is 1. The van der Waals surface area contributed by atoms with Crippen molar-refractivity contribution in [1.82, 2.24) is 5.32 Å². The van der Waals surface area contributed by atoms with E-state index in [1.54, 1.807) is 6.07 Å². The first-order valence-electron chi connectivity index (χ1n) is 7.31. The number of hydrogen-bond acceptors (Lipinski definition) is 2. The second kappa shape index (κ2) is 6.84. The number of rotatable bonds is 6. The molecule has 4 heteroatoms. The van der Waals surface area contributed by atoms with E-state index in [9.17, 15) is 9.18 Å². The largest absolute Gasteiger partial charge is 0.380 e. The highest BCUT2D eigenvalue weighted by Gasteiger charge is 2.42. The third-order valence-electron chi connectivity index (χ3n) is 4.01. The van der Waals surface area contributed by atoms with E-state index in [4.69, 9.17) is 4.74 Å². The van der Waals surface area contributed by atoms with Crippen molar-refractivity contribution in [3.8, 4) is 0 Å². The van der Waals surface area contributed by atoms with E-state index in [1.165, 1.54) is 12.1 Å². The zero-order valence-corrected chi connectivity index (χ0v) is 12.0. The van der Waals surface area contributed by atoms with Gasteiger partial charge in [0, 0.05) is 13.2 Å². The average molecular weight is 279 g/mol. The molecule has 1 aromatic carbocycles. The fourth-order valence-electron chi connectivity index (χ4n) is 2.96. The van der Waals surface area contributed by atoms with Crippen molar-refractivity contribution >= 4 is 5.91 Å². The van der Waals surface area contributed by atoms with E-state index < -0.39 is 5.41 Å². The number of hydrogen-bond donors (Lipinski definition) is 1. The molecule has 0 aliphatic heterocycles. The van der Waals surface area contributed by atoms with Gasteiger partial charge in [0.1, 0.15) is 5.82 Å². The summed E-state index contributed by atoms with van der Waals surface area (Å²) in [6.07, 6.45) is 3.60. The van der Waals surface area contributed by atoms with E-state index in [0.717, 1.165) is 31.2 Å². The summed E-state index contributed by atoms with van der Waals surface area (Å²) in [6.45, 7) is 3.59. The van der Waals surface area contributed by atoms with Crippen LogP contribution in [0, 0.1) is 5.82 Å². The van der Waals surface area contributed by atoms with Crippen molar-refractivity contribution in [2.75, 3.05) is 19.8 Å². The number of benzene rings is 1. The van der Waals surface area contributed by atoms with Gasteiger partial charge in [-0.05, 0) is 37.5 Å². The second-order valence-electron chi connectivity index (χ2n) is 5.25. The summed E-state index contributed by atoms with van der Waals surface area (Å²) < 4.78 is 18.7. The molecule has 1 saturated carbocycles. The maximum Gasteiger partial charge on any atom is 0.230 e. The molecule has 0 aromatic heterocycles. The van der Waals surface area contributed by atoms with E-state index in [0.29, 0.717) is 19.8 Å². The molecule has 0 spiro atoms. The Balaban J connectivity index is 2.11. The van der Waals surface area contributed by atoms with Gasteiger partial charge < -0.3 is 10.1 Å². The SMILES string of the molecule is CCOCCNC(=O)C1(c2cccc(F)c2)CCCC1. The Labute approximate surface area is 119 Å². The minimum Gasteiger partial charge on any atom is -0.380 e. The number of ether oxygens (including phenoxy) is 1. The van der Waals surface area contributed by atoms with Crippen LogP contribution in [0.25, 0.3) is 0 Å². The van der Waals surface area contributed by atoms with Gasteiger partial charge in [-0.2, -0.15) is 0 Å². The van der Waals surface area contributed by atoms with Gasteiger partial charge >= 0.3 is 0 Å². The summed E-state index contributed by atoms with van der Waals surface area (Å²) in [7, 11) is 0. The lowest BCUT2D eigenvalue weighted by Crippen LogP contribution is -2.43. The average Bonchev–Trinajstić information content (AvgIpc) is 2.94. The van der Waals surface area contributed by atoms with Crippen molar-refractivity contribution in [3.63, 3.8) is 0 Å². The summed E-state index contributed by atoms with van der Waals surface area (Å²) in [5, 5.41) is 2.93. The van der Waals surface area contributed by atoms with Crippen LogP contribution in [0.15, 0.2) is 24.3 Å². The lowest BCUT2D eigenvalue weighted by Gasteiger charge is -2.28. The quantitative estimate of drug-likeness (QED) is 0.813. The van der Waals surface area contributed by atoms with Crippen LogP contribution in [0.1, 0.15) is 38.2 Å². The molecule has 1 aliphatic carbocycles. The molecule has 1 N–H and O–H groups in total. The fraction of sp³-hybridized carbons (Fsp3) is 0.562. The Bertz CT molecular complexity index is 456. The smallest absolute Gasteiger partial charge is 0.230 e. The van der Waals surface area contributed by atoms with E-state index >= 15 is 0 Å². The zero-order chi connectivity index (χ0) is 14.4. The van der Waals surface area contributed by atoms with Crippen LogP contribution in [-0.2, 0) is 14.9 Å². The lowest BCUT2D eigenvalue weighted by molar-refractivity contribution is -0.126. The van der Waals surface area contributed by atoms with Gasteiger partial charge in [-0.1, -0.05) is 25.0 Å². The fourth-order valence-corrected chi connectivity index (χ4v) is 2.96. The number of carbonyl (C=O) groups excluding carboxylic acids is 1. The summed E-state index contributed by atoms with van der Waals surface area (Å²) in [4.78, 5) is 12.6. The molecule has 20 heavy (non-hydrogen) atoms. The Kier molecular flexibility index (Phi) is 5.12. The van der Waals surface area contributed by atoms with Crippen LogP contribution in [0.4, 0.5) is 4.39 Å². The molecule has 0 radical (unpaired) electrons. The molecular formula is C16H22FNO2. The van der Waals surface area contributed by atoms with Crippen LogP contribution in [0.3, 0.4) is 0 Å². The number of amides is 1. The van der Waals surface area contributed by atoms with Gasteiger partial charge in [0.15, 0.2) is 0 Å². The van der Waals surface area contributed by atoms with Gasteiger partial charge in [-0.25, -0.2) is 4.39 Å². The number of carbonyl (C=O) groups is 1. The predicted molar refractivity (Wildman–Crippen MR) is 76.0 cm³/mol. The van der Waals surface area contributed by atoms with E-state index in [-0.39, 0.29) is 11.7 Å². The number of nitrogens with one attached hydrogen (secondary N) is 1. The minimum atomic E-state index is -0.561. The summed E-state index contributed by atoms with van der Waals surface area (Å²) in [6, 6.07) is 6.45.